The summed E-state index contributed by atoms with van der Waals surface area (Å²) in [4.78, 5) is 2.49. The lowest BCUT2D eigenvalue weighted by Crippen LogP contribution is -2.58. The first-order chi connectivity index (χ1) is 5.90. The average molecular weight is 170 g/mol. The first kappa shape index (κ1) is 8.48. The van der Waals surface area contributed by atoms with Crippen molar-refractivity contribution < 1.29 is 4.74 Å². The maximum Gasteiger partial charge on any atom is 0.0753 e. The highest BCUT2D eigenvalue weighted by molar-refractivity contribution is 4.88. The van der Waals surface area contributed by atoms with Gasteiger partial charge in [-0.1, -0.05) is 6.92 Å². The molecule has 0 aromatic heterocycles. The van der Waals surface area contributed by atoms with Crippen molar-refractivity contribution in [1.29, 1.82) is 0 Å². The van der Waals surface area contributed by atoms with Crippen molar-refractivity contribution in [3.63, 3.8) is 0 Å². The Morgan fingerprint density at radius 2 is 2.50 bits per heavy atom. The van der Waals surface area contributed by atoms with E-state index in [2.05, 4.69) is 17.1 Å². The zero-order chi connectivity index (χ0) is 8.39. The van der Waals surface area contributed by atoms with Gasteiger partial charge >= 0.3 is 0 Å². The van der Waals surface area contributed by atoms with Gasteiger partial charge in [0.2, 0.25) is 0 Å². The van der Waals surface area contributed by atoms with E-state index in [0.29, 0.717) is 12.1 Å². The number of likely N-dealkylation sites (tertiary alicyclic amines) is 1. The van der Waals surface area contributed by atoms with Gasteiger partial charge in [-0.3, -0.25) is 0 Å². The molecule has 2 aliphatic heterocycles. The van der Waals surface area contributed by atoms with E-state index in [0.717, 1.165) is 13.2 Å². The van der Waals surface area contributed by atoms with Crippen molar-refractivity contribution >= 4 is 0 Å². The van der Waals surface area contributed by atoms with E-state index in [1.807, 2.05) is 0 Å². The summed E-state index contributed by atoms with van der Waals surface area (Å²) < 4.78 is 5.69. The molecule has 0 aromatic rings. The molecule has 0 aromatic carbocycles. The van der Waals surface area contributed by atoms with Crippen LogP contribution in [0.25, 0.3) is 0 Å². The zero-order valence-corrected chi connectivity index (χ0v) is 7.75. The third-order valence-electron chi connectivity index (χ3n) is 2.92. The van der Waals surface area contributed by atoms with E-state index in [1.165, 1.54) is 26.1 Å². The Morgan fingerprint density at radius 3 is 3.33 bits per heavy atom. The molecule has 1 N–H and O–H groups in total. The molecule has 2 atom stereocenters. The minimum Gasteiger partial charge on any atom is -0.375 e. The van der Waals surface area contributed by atoms with Gasteiger partial charge in [-0.05, 0) is 13.0 Å². The van der Waals surface area contributed by atoms with Crippen LogP contribution in [0.4, 0.5) is 0 Å². The number of likely N-dealkylation sites (N-methyl/N-ethyl adjacent to an activating group) is 1. The van der Waals surface area contributed by atoms with Crippen LogP contribution in [-0.4, -0.2) is 49.8 Å². The number of hydrogen-bond donors (Lipinski definition) is 1. The van der Waals surface area contributed by atoms with Gasteiger partial charge in [0.05, 0.1) is 12.7 Å². The molecule has 70 valence electrons. The standard InChI is InChI=1S/C9H18N2O/c1-2-11-5-3-9-8(7-11)10-4-6-12-9/h8-10H,2-7H2,1H3. The van der Waals surface area contributed by atoms with E-state index >= 15 is 0 Å². The predicted octanol–water partition coefficient (Wildman–Crippen LogP) is 0.0690. The summed E-state index contributed by atoms with van der Waals surface area (Å²) in [6.07, 6.45) is 1.69. The van der Waals surface area contributed by atoms with Gasteiger partial charge in [-0.2, -0.15) is 0 Å². The second-order valence-electron chi connectivity index (χ2n) is 3.65. The number of morpholine rings is 1. The van der Waals surface area contributed by atoms with E-state index < -0.39 is 0 Å². The van der Waals surface area contributed by atoms with E-state index in [1.54, 1.807) is 0 Å². The molecule has 2 aliphatic rings. The number of hydrogen-bond acceptors (Lipinski definition) is 3. The summed E-state index contributed by atoms with van der Waals surface area (Å²) in [7, 11) is 0. The summed E-state index contributed by atoms with van der Waals surface area (Å²) in [6.45, 7) is 7.70. The molecule has 2 saturated heterocycles. The number of piperidine rings is 1. The van der Waals surface area contributed by atoms with Crippen LogP contribution in [0.1, 0.15) is 13.3 Å². The van der Waals surface area contributed by atoms with Crippen molar-refractivity contribution in [2.75, 3.05) is 32.8 Å². The fraction of sp³-hybridized carbons (Fsp3) is 1.00. The average Bonchev–Trinajstić information content (AvgIpc) is 2.17. The molecular weight excluding hydrogens is 152 g/mol. The fourth-order valence-electron chi connectivity index (χ4n) is 2.14. The molecule has 0 amide bonds. The van der Waals surface area contributed by atoms with Gasteiger partial charge in [-0.15, -0.1) is 0 Å². The second-order valence-corrected chi connectivity index (χ2v) is 3.65. The fourth-order valence-corrected chi connectivity index (χ4v) is 2.14. The molecule has 0 saturated carbocycles. The predicted molar refractivity (Wildman–Crippen MR) is 48.3 cm³/mol. The normalized spacial score (nSPS) is 37.8. The van der Waals surface area contributed by atoms with Crippen molar-refractivity contribution in [3.8, 4) is 0 Å². The molecule has 0 bridgehead atoms. The van der Waals surface area contributed by atoms with Gasteiger partial charge in [0, 0.05) is 25.7 Å². The minimum atomic E-state index is 0.488. The molecule has 0 spiro atoms. The Balaban J connectivity index is 1.90. The number of ether oxygens (including phenoxy) is 1. The van der Waals surface area contributed by atoms with Gasteiger partial charge in [0.1, 0.15) is 0 Å². The molecule has 2 rings (SSSR count). The minimum absolute atomic E-state index is 0.488. The Bertz CT molecular complexity index is 151. The van der Waals surface area contributed by atoms with E-state index in [9.17, 15) is 0 Å². The number of nitrogens with zero attached hydrogens (tertiary/aromatic N) is 1. The smallest absolute Gasteiger partial charge is 0.0753 e. The Hall–Kier alpha value is -0.120. The summed E-state index contributed by atoms with van der Waals surface area (Å²) in [5.74, 6) is 0. The summed E-state index contributed by atoms with van der Waals surface area (Å²) in [5, 5.41) is 3.52. The van der Waals surface area contributed by atoms with Crippen LogP contribution in [0.5, 0.6) is 0 Å². The van der Waals surface area contributed by atoms with E-state index in [4.69, 9.17) is 4.74 Å². The maximum absolute atomic E-state index is 5.69. The van der Waals surface area contributed by atoms with Crippen molar-refractivity contribution in [2.45, 2.75) is 25.5 Å². The number of rotatable bonds is 1. The SMILES string of the molecule is CCN1CCC2OCCNC2C1. The quantitative estimate of drug-likeness (QED) is 0.602. The Morgan fingerprint density at radius 1 is 1.58 bits per heavy atom. The molecular formula is C9H18N2O. The first-order valence-electron chi connectivity index (χ1n) is 4.97. The third kappa shape index (κ3) is 1.63. The number of fused-ring (bicyclic) bond motifs is 1. The van der Waals surface area contributed by atoms with Crippen LogP contribution < -0.4 is 5.32 Å². The van der Waals surface area contributed by atoms with Gasteiger partial charge in [0.25, 0.3) is 0 Å². The van der Waals surface area contributed by atoms with Gasteiger partial charge in [0.15, 0.2) is 0 Å². The molecule has 3 heteroatoms. The maximum atomic E-state index is 5.69. The summed E-state index contributed by atoms with van der Waals surface area (Å²) in [6, 6.07) is 0.590. The largest absolute Gasteiger partial charge is 0.375 e. The lowest BCUT2D eigenvalue weighted by molar-refractivity contribution is -0.0420. The van der Waals surface area contributed by atoms with Crippen LogP contribution in [0.15, 0.2) is 0 Å². The Labute approximate surface area is 74.1 Å². The lowest BCUT2D eigenvalue weighted by Gasteiger charge is -2.41. The van der Waals surface area contributed by atoms with E-state index in [-0.39, 0.29) is 0 Å². The van der Waals surface area contributed by atoms with Crippen LogP contribution >= 0.6 is 0 Å². The van der Waals surface area contributed by atoms with Crippen molar-refractivity contribution in [3.05, 3.63) is 0 Å². The zero-order valence-electron chi connectivity index (χ0n) is 7.75. The highest BCUT2D eigenvalue weighted by Crippen LogP contribution is 2.16. The van der Waals surface area contributed by atoms with Crippen molar-refractivity contribution in [2.24, 2.45) is 0 Å². The third-order valence-corrected chi connectivity index (χ3v) is 2.92. The monoisotopic (exact) mass is 170 g/mol. The molecule has 0 radical (unpaired) electrons. The first-order valence-corrected chi connectivity index (χ1v) is 4.97. The van der Waals surface area contributed by atoms with Crippen LogP contribution in [0.3, 0.4) is 0 Å². The Kier molecular flexibility index (Phi) is 2.63. The molecule has 3 nitrogen and oxygen atoms in total. The topological polar surface area (TPSA) is 24.5 Å². The molecule has 2 unspecified atom stereocenters. The number of nitrogens with one attached hydrogen (secondary N) is 1. The van der Waals surface area contributed by atoms with Crippen LogP contribution in [0, 0.1) is 0 Å². The van der Waals surface area contributed by atoms with Crippen molar-refractivity contribution in [1.82, 2.24) is 10.2 Å². The summed E-state index contributed by atoms with van der Waals surface area (Å²) >= 11 is 0. The second kappa shape index (κ2) is 3.73. The lowest BCUT2D eigenvalue weighted by atomic mass is 10.0. The van der Waals surface area contributed by atoms with Gasteiger partial charge < -0.3 is 15.0 Å². The molecule has 12 heavy (non-hydrogen) atoms. The highest BCUT2D eigenvalue weighted by Gasteiger charge is 2.30. The molecule has 0 aliphatic carbocycles. The van der Waals surface area contributed by atoms with Crippen LogP contribution in [0.2, 0.25) is 0 Å². The highest BCUT2D eigenvalue weighted by atomic mass is 16.5. The molecule has 2 fully saturated rings. The van der Waals surface area contributed by atoms with Gasteiger partial charge in [-0.25, -0.2) is 0 Å². The molecule has 2 heterocycles. The van der Waals surface area contributed by atoms with Crippen LogP contribution in [-0.2, 0) is 4.74 Å². The summed E-state index contributed by atoms with van der Waals surface area (Å²) in [5.41, 5.74) is 0.